The molecule has 33 heavy (non-hydrogen) atoms. The minimum atomic E-state index is -0.958. The molecule has 2 aromatic carbocycles. The molecule has 2 aliphatic heterocycles. The van der Waals surface area contributed by atoms with Crippen LogP contribution in [0.25, 0.3) is 0 Å². The van der Waals surface area contributed by atoms with E-state index >= 15 is 0 Å². The highest BCUT2D eigenvalue weighted by Gasteiger charge is 2.54. The third-order valence-corrected chi connectivity index (χ3v) is 7.36. The van der Waals surface area contributed by atoms with Gasteiger partial charge in [-0.05, 0) is 31.9 Å². The van der Waals surface area contributed by atoms with E-state index in [2.05, 4.69) is 10.6 Å². The SMILES string of the molecule is CC(C(=O)Nc1cc2c(cc1Sc1ccccc1)OCCO2)N1C(=O)NC2(CCCC2)C1=O. The van der Waals surface area contributed by atoms with E-state index < -0.39 is 23.5 Å². The lowest BCUT2D eigenvalue weighted by Crippen LogP contribution is -2.48. The van der Waals surface area contributed by atoms with Gasteiger partial charge in [0.15, 0.2) is 11.5 Å². The normalized spacial score (nSPS) is 19.5. The summed E-state index contributed by atoms with van der Waals surface area (Å²) in [5.41, 5.74) is -0.315. The number of anilines is 1. The Balaban J connectivity index is 1.40. The van der Waals surface area contributed by atoms with Crippen LogP contribution in [0.4, 0.5) is 10.5 Å². The Morgan fingerprint density at radius 1 is 1.09 bits per heavy atom. The second kappa shape index (κ2) is 8.62. The predicted octanol–water partition coefficient (Wildman–Crippen LogP) is 3.80. The van der Waals surface area contributed by atoms with Gasteiger partial charge in [0.1, 0.15) is 24.8 Å². The van der Waals surface area contributed by atoms with Crippen LogP contribution in [-0.4, -0.2) is 47.5 Å². The lowest BCUT2D eigenvalue weighted by molar-refractivity contribution is -0.136. The first kappa shape index (κ1) is 21.6. The Hall–Kier alpha value is -3.20. The molecule has 0 bridgehead atoms. The Morgan fingerprint density at radius 2 is 1.76 bits per heavy atom. The van der Waals surface area contributed by atoms with E-state index in [-0.39, 0.29) is 5.91 Å². The molecule has 0 aromatic heterocycles. The molecule has 9 heteroatoms. The molecule has 2 fully saturated rings. The van der Waals surface area contributed by atoms with Gasteiger partial charge < -0.3 is 20.1 Å². The number of fused-ring (bicyclic) bond motifs is 1. The number of urea groups is 1. The number of ether oxygens (including phenoxy) is 2. The minimum Gasteiger partial charge on any atom is -0.486 e. The molecule has 2 N–H and O–H groups in total. The van der Waals surface area contributed by atoms with E-state index in [0.29, 0.717) is 43.2 Å². The van der Waals surface area contributed by atoms with Gasteiger partial charge in [0.05, 0.1) is 5.69 Å². The third-order valence-electron chi connectivity index (χ3n) is 6.29. The number of carbonyl (C=O) groups excluding carboxylic acids is 3. The van der Waals surface area contributed by atoms with Gasteiger partial charge in [-0.2, -0.15) is 0 Å². The molecular weight excluding hydrogens is 442 g/mol. The van der Waals surface area contributed by atoms with Crippen molar-refractivity contribution < 1.29 is 23.9 Å². The number of rotatable bonds is 5. The Kier molecular flexibility index (Phi) is 5.65. The number of hydrogen-bond donors (Lipinski definition) is 2. The molecule has 0 radical (unpaired) electrons. The molecule has 3 aliphatic rings. The van der Waals surface area contributed by atoms with Crippen molar-refractivity contribution in [1.29, 1.82) is 0 Å². The molecule has 172 valence electrons. The number of amides is 4. The van der Waals surface area contributed by atoms with Crippen LogP contribution in [0.15, 0.2) is 52.3 Å². The van der Waals surface area contributed by atoms with Gasteiger partial charge in [0.25, 0.3) is 5.91 Å². The molecule has 5 rings (SSSR count). The molecule has 1 unspecified atom stereocenters. The highest BCUT2D eigenvalue weighted by Crippen LogP contribution is 2.42. The average Bonchev–Trinajstić information content (AvgIpc) is 3.38. The molecule has 1 saturated carbocycles. The highest BCUT2D eigenvalue weighted by molar-refractivity contribution is 7.99. The van der Waals surface area contributed by atoms with E-state index in [0.717, 1.165) is 27.5 Å². The summed E-state index contributed by atoms with van der Waals surface area (Å²) < 4.78 is 11.4. The molecule has 2 aromatic rings. The van der Waals surface area contributed by atoms with Crippen LogP contribution in [-0.2, 0) is 9.59 Å². The summed E-state index contributed by atoms with van der Waals surface area (Å²) in [6, 6.07) is 11.9. The molecule has 1 atom stereocenters. The van der Waals surface area contributed by atoms with Gasteiger partial charge in [-0.15, -0.1) is 0 Å². The van der Waals surface area contributed by atoms with E-state index in [1.165, 1.54) is 11.8 Å². The van der Waals surface area contributed by atoms with Crippen LogP contribution < -0.4 is 20.1 Å². The molecule has 2 heterocycles. The molecule has 1 saturated heterocycles. The quantitative estimate of drug-likeness (QED) is 0.650. The van der Waals surface area contributed by atoms with Crippen LogP contribution in [0.2, 0.25) is 0 Å². The van der Waals surface area contributed by atoms with Crippen molar-refractivity contribution in [3.63, 3.8) is 0 Å². The maximum atomic E-state index is 13.2. The van der Waals surface area contributed by atoms with E-state index in [9.17, 15) is 14.4 Å². The number of nitrogens with one attached hydrogen (secondary N) is 2. The Bertz CT molecular complexity index is 1100. The van der Waals surface area contributed by atoms with Crippen molar-refractivity contribution in [2.75, 3.05) is 18.5 Å². The second-order valence-corrected chi connectivity index (χ2v) is 9.58. The number of imide groups is 1. The molecular formula is C24H25N3O5S. The first-order valence-electron chi connectivity index (χ1n) is 11.1. The largest absolute Gasteiger partial charge is 0.486 e. The van der Waals surface area contributed by atoms with Gasteiger partial charge in [0.2, 0.25) is 5.91 Å². The summed E-state index contributed by atoms with van der Waals surface area (Å²) in [7, 11) is 0. The maximum Gasteiger partial charge on any atom is 0.325 e. The number of benzene rings is 2. The third kappa shape index (κ3) is 4.01. The van der Waals surface area contributed by atoms with E-state index in [4.69, 9.17) is 9.47 Å². The van der Waals surface area contributed by atoms with E-state index in [1.807, 2.05) is 36.4 Å². The minimum absolute atomic E-state index is 0.311. The van der Waals surface area contributed by atoms with Gasteiger partial charge in [-0.25, -0.2) is 9.69 Å². The van der Waals surface area contributed by atoms with Gasteiger partial charge in [-0.3, -0.25) is 9.59 Å². The Morgan fingerprint density at radius 3 is 2.45 bits per heavy atom. The fourth-order valence-corrected chi connectivity index (χ4v) is 5.47. The maximum absolute atomic E-state index is 13.2. The van der Waals surface area contributed by atoms with Crippen LogP contribution >= 0.6 is 11.8 Å². The summed E-state index contributed by atoms with van der Waals surface area (Å²) >= 11 is 1.48. The zero-order valence-electron chi connectivity index (χ0n) is 18.3. The number of nitrogens with zero attached hydrogens (tertiary/aromatic N) is 1. The molecule has 1 spiro atoms. The number of carbonyl (C=O) groups is 3. The summed E-state index contributed by atoms with van der Waals surface area (Å²) in [6.07, 6.45) is 3.00. The highest BCUT2D eigenvalue weighted by atomic mass is 32.2. The molecule has 1 aliphatic carbocycles. The smallest absolute Gasteiger partial charge is 0.325 e. The van der Waals surface area contributed by atoms with Gasteiger partial charge in [0, 0.05) is 21.9 Å². The van der Waals surface area contributed by atoms with Crippen molar-refractivity contribution in [3.05, 3.63) is 42.5 Å². The van der Waals surface area contributed by atoms with Crippen molar-refractivity contribution in [3.8, 4) is 11.5 Å². The lowest BCUT2D eigenvalue weighted by atomic mass is 9.97. The summed E-state index contributed by atoms with van der Waals surface area (Å²) in [5, 5.41) is 5.74. The lowest BCUT2D eigenvalue weighted by Gasteiger charge is -2.25. The predicted molar refractivity (Wildman–Crippen MR) is 123 cm³/mol. The zero-order chi connectivity index (χ0) is 23.0. The number of hydrogen-bond acceptors (Lipinski definition) is 6. The topological polar surface area (TPSA) is 97.0 Å². The molecule has 4 amide bonds. The van der Waals surface area contributed by atoms with Crippen LogP contribution in [0, 0.1) is 0 Å². The van der Waals surface area contributed by atoms with Crippen LogP contribution in [0.1, 0.15) is 32.6 Å². The monoisotopic (exact) mass is 467 g/mol. The van der Waals surface area contributed by atoms with Gasteiger partial charge in [-0.1, -0.05) is 42.8 Å². The van der Waals surface area contributed by atoms with Crippen molar-refractivity contribution in [2.45, 2.75) is 54.0 Å². The summed E-state index contributed by atoms with van der Waals surface area (Å²) in [6.45, 7) is 2.45. The fraction of sp³-hybridized carbons (Fsp3) is 0.375. The van der Waals surface area contributed by atoms with Crippen molar-refractivity contribution >= 4 is 35.3 Å². The fourth-order valence-electron chi connectivity index (χ4n) is 4.53. The summed E-state index contributed by atoms with van der Waals surface area (Å²) in [5.74, 6) is 0.401. The van der Waals surface area contributed by atoms with Gasteiger partial charge >= 0.3 is 6.03 Å². The van der Waals surface area contributed by atoms with Crippen LogP contribution in [0.5, 0.6) is 11.5 Å². The van der Waals surface area contributed by atoms with Crippen molar-refractivity contribution in [2.24, 2.45) is 0 Å². The second-order valence-electron chi connectivity index (χ2n) is 8.47. The Labute approximate surface area is 196 Å². The molecule has 8 nitrogen and oxygen atoms in total. The summed E-state index contributed by atoms with van der Waals surface area (Å²) in [4.78, 5) is 41.7. The zero-order valence-corrected chi connectivity index (χ0v) is 19.1. The first-order valence-corrected chi connectivity index (χ1v) is 11.9. The van der Waals surface area contributed by atoms with Crippen molar-refractivity contribution in [1.82, 2.24) is 10.2 Å². The van der Waals surface area contributed by atoms with E-state index in [1.54, 1.807) is 13.0 Å². The average molecular weight is 468 g/mol. The van der Waals surface area contributed by atoms with Crippen LogP contribution in [0.3, 0.4) is 0 Å². The standard InChI is InChI=1S/C24H25N3O5S/c1-15(27-22(29)24(26-23(27)30)9-5-6-10-24)21(28)25-17-13-18-19(32-12-11-31-18)14-20(17)33-16-7-3-2-4-8-16/h2-4,7-8,13-15H,5-6,9-12H2,1H3,(H,25,28)(H,26,30). The first-order chi connectivity index (χ1) is 16.0.